The smallest absolute Gasteiger partial charge is 0.0468 e. The van der Waals surface area contributed by atoms with Gasteiger partial charge in [0.15, 0.2) is 0 Å². The van der Waals surface area contributed by atoms with Crippen LogP contribution in [0.4, 0.5) is 5.69 Å². The first-order chi connectivity index (χ1) is 6.24. The number of thiophene rings is 1. The van der Waals surface area contributed by atoms with Crippen LogP contribution in [-0.2, 0) is 6.54 Å². The van der Waals surface area contributed by atoms with Gasteiger partial charge in [-0.1, -0.05) is 6.92 Å². The van der Waals surface area contributed by atoms with Crippen molar-refractivity contribution in [3.05, 3.63) is 16.3 Å². The zero-order valence-electron chi connectivity index (χ0n) is 8.04. The Hall–Kier alpha value is -0.190. The molecule has 0 aliphatic carbocycles. The molecule has 2 nitrogen and oxygen atoms in total. The molecule has 0 aliphatic heterocycles. The highest BCUT2D eigenvalue weighted by Crippen LogP contribution is 2.18. The molecule has 0 amide bonds. The summed E-state index contributed by atoms with van der Waals surface area (Å²) in [4.78, 5) is 1.24. The SMILES string of the molecule is CSC(C)CNCc1sccc1N. The van der Waals surface area contributed by atoms with Gasteiger partial charge in [-0.15, -0.1) is 11.3 Å². The van der Waals surface area contributed by atoms with Gasteiger partial charge >= 0.3 is 0 Å². The molecular weight excluding hydrogens is 200 g/mol. The van der Waals surface area contributed by atoms with Crippen LogP contribution in [0, 0.1) is 0 Å². The van der Waals surface area contributed by atoms with Gasteiger partial charge in [0, 0.05) is 28.9 Å². The molecule has 0 saturated carbocycles. The van der Waals surface area contributed by atoms with Crippen LogP contribution in [0.5, 0.6) is 0 Å². The van der Waals surface area contributed by atoms with E-state index in [-0.39, 0.29) is 0 Å². The van der Waals surface area contributed by atoms with Crippen LogP contribution in [-0.4, -0.2) is 18.1 Å². The van der Waals surface area contributed by atoms with Gasteiger partial charge in [-0.25, -0.2) is 0 Å². The molecule has 1 rings (SSSR count). The first kappa shape index (κ1) is 10.9. The van der Waals surface area contributed by atoms with Gasteiger partial charge in [0.1, 0.15) is 0 Å². The van der Waals surface area contributed by atoms with Gasteiger partial charge in [-0.3, -0.25) is 0 Å². The van der Waals surface area contributed by atoms with Crippen molar-refractivity contribution < 1.29 is 0 Å². The lowest BCUT2D eigenvalue weighted by Crippen LogP contribution is -2.21. The van der Waals surface area contributed by atoms with Crippen molar-refractivity contribution in [2.45, 2.75) is 18.7 Å². The lowest BCUT2D eigenvalue weighted by atomic mass is 10.4. The largest absolute Gasteiger partial charge is 0.398 e. The second-order valence-electron chi connectivity index (χ2n) is 2.98. The highest BCUT2D eigenvalue weighted by Gasteiger charge is 2.01. The van der Waals surface area contributed by atoms with E-state index in [2.05, 4.69) is 18.5 Å². The molecule has 0 radical (unpaired) electrons. The molecule has 74 valence electrons. The van der Waals surface area contributed by atoms with E-state index >= 15 is 0 Å². The molecule has 0 fully saturated rings. The van der Waals surface area contributed by atoms with Crippen molar-refractivity contribution in [2.75, 3.05) is 18.5 Å². The molecule has 1 unspecified atom stereocenters. The van der Waals surface area contributed by atoms with E-state index in [4.69, 9.17) is 5.73 Å². The number of hydrogen-bond acceptors (Lipinski definition) is 4. The summed E-state index contributed by atoms with van der Waals surface area (Å²) in [5, 5.41) is 6.09. The normalized spacial score (nSPS) is 13.1. The molecule has 0 spiro atoms. The summed E-state index contributed by atoms with van der Waals surface area (Å²) in [5.41, 5.74) is 6.67. The van der Waals surface area contributed by atoms with Crippen LogP contribution in [0.15, 0.2) is 11.4 Å². The number of thioether (sulfide) groups is 1. The van der Waals surface area contributed by atoms with E-state index in [0.717, 1.165) is 18.8 Å². The average Bonchev–Trinajstić information content (AvgIpc) is 2.52. The number of hydrogen-bond donors (Lipinski definition) is 2. The van der Waals surface area contributed by atoms with Crippen molar-refractivity contribution in [3.8, 4) is 0 Å². The number of anilines is 1. The highest BCUT2D eigenvalue weighted by molar-refractivity contribution is 7.99. The lowest BCUT2D eigenvalue weighted by Gasteiger charge is -2.08. The van der Waals surface area contributed by atoms with Crippen LogP contribution < -0.4 is 11.1 Å². The Kier molecular flexibility index (Phi) is 4.62. The minimum Gasteiger partial charge on any atom is -0.398 e. The highest BCUT2D eigenvalue weighted by atomic mass is 32.2. The quantitative estimate of drug-likeness (QED) is 0.792. The summed E-state index contributed by atoms with van der Waals surface area (Å²) in [6, 6.07) is 1.96. The van der Waals surface area contributed by atoms with Crippen LogP contribution in [0.3, 0.4) is 0 Å². The van der Waals surface area contributed by atoms with Crippen molar-refractivity contribution in [1.29, 1.82) is 0 Å². The van der Waals surface area contributed by atoms with Gasteiger partial charge in [-0.2, -0.15) is 11.8 Å². The Labute approximate surface area is 87.9 Å². The lowest BCUT2D eigenvalue weighted by molar-refractivity contribution is 0.692. The van der Waals surface area contributed by atoms with Gasteiger partial charge in [0.25, 0.3) is 0 Å². The summed E-state index contributed by atoms with van der Waals surface area (Å²) in [7, 11) is 0. The first-order valence-electron chi connectivity index (χ1n) is 4.29. The molecule has 13 heavy (non-hydrogen) atoms. The Bertz CT molecular complexity index is 248. The van der Waals surface area contributed by atoms with Crippen molar-refractivity contribution >= 4 is 28.8 Å². The molecule has 4 heteroatoms. The number of rotatable bonds is 5. The van der Waals surface area contributed by atoms with Crippen LogP contribution >= 0.6 is 23.1 Å². The third kappa shape index (κ3) is 3.58. The fourth-order valence-electron chi connectivity index (χ4n) is 0.966. The fourth-order valence-corrected chi connectivity index (χ4v) is 2.02. The summed E-state index contributed by atoms with van der Waals surface area (Å²) < 4.78 is 0. The molecule has 0 bridgehead atoms. The van der Waals surface area contributed by atoms with Crippen molar-refractivity contribution in [1.82, 2.24) is 5.32 Å². The summed E-state index contributed by atoms with van der Waals surface area (Å²) in [6.07, 6.45) is 2.13. The Morgan fingerprint density at radius 3 is 3.00 bits per heavy atom. The summed E-state index contributed by atoms with van der Waals surface area (Å²) in [6.45, 7) is 4.16. The van der Waals surface area contributed by atoms with Gasteiger partial charge in [0.05, 0.1) is 0 Å². The Balaban J connectivity index is 2.24. The van der Waals surface area contributed by atoms with Crippen LogP contribution in [0.1, 0.15) is 11.8 Å². The molecule has 1 aromatic heterocycles. The maximum atomic E-state index is 5.76. The average molecular weight is 216 g/mol. The maximum absolute atomic E-state index is 5.76. The molecule has 3 N–H and O–H groups in total. The Morgan fingerprint density at radius 2 is 2.46 bits per heavy atom. The third-order valence-electron chi connectivity index (χ3n) is 1.90. The zero-order chi connectivity index (χ0) is 9.68. The second-order valence-corrected chi connectivity index (χ2v) is 5.25. The van der Waals surface area contributed by atoms with Gasteiger partial charge in [0.2, 0.25) is 0 Å². The molecular formula is C9H16N2S2. The molecule has 1 atom stereocenters. The minimum absolute atomic E-state index is 0.668. The zero-order valence-corrected chi connectivity index (χ0v) is 9.67. The van der Waals surface area contributed by atoms with Gasteiger partial charge < -0.3 is 11.1 Å². The molecule has 1 heterocycles. The van der Waals surface area contributed by atoms with Crippen molar-refractivity contribution in [2.24, 2.45) is 0 Å². The summed E-state index contributed by atoms with van der Waals surface area (Å²) >= 11 is 3.59. The number of nitrogens with two attached hydrogens (primary N) is 1. The van der Waals surface area contributed by atoms with E-state index in [0.29, 0.717) is 5.25 Å². The standard InChI is InChI=1S/C9H16N2S2/c1-7(12-2)5-11-6-9-8(10)3-4-13-9/h3-4,7,11H,5-6,10H2,1-2H3. The molecule has 1 aromatic rings. The fraction of sp³-hybridized carbons (Fsp3) is 0.556. The van der Waals surface area contributed by atoms with E-state index in [1.807, 2.05) is 23.2 Å². The predicted octanol–water partition coefficient (Wildman–Crippen LogP) is 2.17. The van der Waals surface area contributed by atoms with E-state index in [1.165, 1.54) is 4.88 Å². The monoisotopic (exact) mass is 216 g/mol. The van der Waals surface area contributed by atoms with Crippen molar-refractivity contribution in [3.63, 3.8) is 0 Å². The first-order valence-corrected chi connectivity index (χ1v) is 6.46. The van der Waals surface area contributed by atoms with E-state index < -0.39 is 0 Å². The second kappa shape index (κ2) is 5.52. The molecule has 0 aromatic carbocycles. The molecule has 0 saturated heterocycles. The minimum atomic E-state index is 0.668. The van der Waals surface area contributed by atoms with Gasteiger partial charge in [-0.05, 0) is 17.7 Å². The molecule has 0 aliphatic rings. The summed E-state index contributed by atoms with van der Waals surface area (Å²) in [5.74, 6) is 0. The Morgan fingerprint density at radius 1 is 1.69 bits per heavy atom. The van der Waals surface area contributed by atoms with Crippen LogP contribution in [0.25, 0.3) is 0 Å². The number of nitrogen functional groups attached to an aromatic ring is 1. The maximum Gasteiger partial charge on any atom is 0.0468 e. The van der Waals surface area contributed by atoms with E-state index in [1.54, 1.807) is 11.3 Å². The third-order valence-corrected chi connectivity index (χ3v) is 3.81. The van der Waals surface area contributed by atoms with Crippen LogP contribution in [0.2, 0.25) is 0 Å². The topological polar surface area (TPSA) is 38.0 Å². The van der Waals surface area contributed by atoms with E-state index in [9.17, 15) is 0 Å². The number of nitrogens with one attached hydrogen (secondary N) is 1. The predicted molar refractivity (Wildman–Crippen MR) is 63.4 cm³/mol.